The SMILES string of the molecule is COc1ccc(C([O])=O)c(OC)c1. The maximum atomic E-state index is 10.5. The van der Waals surface area contributed by atoms with Crippen LogP contribution < -0.4 is 9.47 Å². The number of carbonyl (C=O) groups is 1. The third kappa shape index (κ3) is 1.90. The van der Waals surface area contributed by atoms with Crippen molar-refractivity contribution in [1.29, 1.82) is 0 Å². The molecule has 1 radical (unpaired) electrons. The maximum Gasteiger partial charge on any atom is 0.390 e. The minimum Gasteiger partial charge on any atom is -0.497 e. The molecule has 1 aromatic carbocycles. The van der Waals surface area contributed by atoms with Crippen LogP contribution in [-0.4, -0.2) is 20.2 Å². The van der Waals surface area contributed by atoms with E-state index in [1.807, 2.05) is 0 Å². The van der Waals surface area contributed by atoms with Crippen LogP contribution in [0.1, 0.15) is 10.4 Å². The normalized spacial score (nSPS) is 9.38. The second kappa shape index (κ2) is 3.80. The van der Waals surface area contributed by atoms with Crippen molar-refractivity contribution in [3.63, 3.8) is 0 Å². The molecule has 0 aliphatic rings. The van der Waals surface area contributed by atoms with Gasteiger partial charge in [-0.25, -0.2) is 9.90 Å². The van der Waals surface area contributed by atoms with Crippen LogP contribution in [0.25, 0.3) is 0 Å². The van der Waals surface area contributed by atoms with E-state index >= 15 is 0 Å². The zero-order valence-electron chi connectivity index (χ0n) is 7.37. The highest BCUT2D eigenvalue weighted by atomic mass is 16.5. The number of hydrogen-bond donors (Lipinski definition) is 0. The molecule has 0 aliphatic carbocycles. The number of hydrogen-bond acceptors (Lipinski definition) is 3. The Morgan fingerprint density at radius 1 is 1.23 bits per heavy atom. The van der Waals surface area contributed by atoms with Crippen molar-refractivity contribution >= 4 is 5.97 Å². The summed E-state index contributed by atoms with van der Waals surface area (Å²) in [6.45, 7) is 0. The Balaban J connectivity index is 3.15. The fourth-order valence-corrected chi connectivity index (χ4v) is 0.967. The van der Waals surface area contributed by atoms with Gasteiger partial charge in [-0.1, -0.05) is 0 Å². The van der Waals surface area contributed by atoms with Crippen molar-refractivity contribution in [2.75, 3.05) is 14.2 Å². The highest BCUT2D eigenvalue weighted by Gasteiger charge is 2.12. The Morgan fingerprint density at radius 3 is 2.38 bits per heavy atom. The topological polar surface area (TPSA) is 55.4 Å². The van der Waals surface area contributed by atoms with E-state index in [1.165, 1.54) is 32.4 Å². The number of benzene rings is 1. The fourth-order valence-electron chi connectivity index (χ4n) is 0.967. The van der Waals surface area contributed by atoms with Gasteiger partial charge in [-0.15, -0.1) is 0 Å². The Labute approximate surface area is 75.7 Å². The summed E-state index contributed by atoms with van der Waals surface area (Å²) >= 11 is 0. The first-order valence-electron chi connectivity index (χ1n) is 3.62. The standard InChI is InChI=1S/C9H9O4/c1-12-6-3-4-7(9(10)11)8(5-6)13-2/h3-5H,1-2H3. The molecule has 0 unspecified atom stereocenters. The Morgan fingerprint density at radius 2 is 1.92 bits per heavy atom. The van der Waals surface area contributed by atoms with Gasteiger partial charge in [0.25, 0.3) is 0 Å². The highest BCUT2D eigenvalue weighted by molar-refractivity contribution is 5.90. The number of ether oxygens (including phenoxy) is 2. The molecule has 0 aromatic heterocycles. The first-order chi connectivity index (χ1) is 6.19. The van der Waals surface area contributed by atoms with E-state index in [4.69, 9.17) is 9.47 Å². The van der Waals surface area contributed by atoms with Gasteiger partial charge in [-0.3, -0.25) is 0 Å². The summed E-state index contributed by atoms with van der Waals surface area (Å²) < 4.78 is 9.75. The average Bonchev–Trinajstić information content (AvgIpc) is 2.16. The molecule has 1 aromatic rings. The van der Waals surface area contributed by atoms with E-state index in [0.29, 0.717) is 5.75 Å². The molecule has 0 fully saturated rings. The minimum atomic E-state index is -1.26. The molecule has 4 heteroatoms. The molecule has 0 atom stereocenters. The van der Waals surface area contributed by atoms with Gasteiger partial charge in [0, 0.05) is 6.07 Å². The Kier molecular flexibility index (Phi) is 2.74. The monoisotopic (exact) mass is 181 g/mol. The van der Waals surface area contributed by atoms with Crippen LogP contribution in [0.15, 0.2) is 18.2 Å². The van der Waals surface area contributed by atoms with E-state index in [1.54, 1.807) is 0 Å². The van der Waals surface area contributed by atoms with E-state index in [2.05, 4.69) is 0 Å². The number of rotatable bonds is 3. The van der Waals surface area contributed by atoms with Crippen molar-refractivity contribution in [2.45, 2.75) is 0 Å². The summed E-state index contributed by atoms with van der Waals surface area (Å²) in [5.41, 5.74) is 0.0169. The first-order valence-corrected chi connectivity index (χ1v) is 3.62. The van der Waals surface area contributed by atoms with Crippen LogP contribution in [0.2, 0.25) is 0 Å². The third-order valence-electron chi connectivity index (χ3n) is 1.63. The zero-order valence-corrected chi connectivity index (χ0v) is 7.37. The van der Waals surface area contributed by atoms with Gasteiger partial charge in [0.1, 0.15) is 17.1 Å². The molecule has 0 bridgehead atoms. The zero-order chi connectivity index (χ0) is 9.84. The first kappa shape index (κ1) is 9.38. The van der Waals surface area contributed by atoms with Crippen molar-refractivity contribution in [1.82, 2.24) is 0 Å². The van der Waals surface area contributed by atoms with Crippen LogP contribution in [0.4, 0.5) is 0 Å². The Bertz CT molecular complexity index is 319. The lowest BCUT2D eigenvalue weighted by atomic mass is 10.2. The van der Waals surface area contributed by atoms with E-state index in [9.17, 15) is 9.90 Å². The van der Waals surface area contributed by atoms with Crippen LogP contribution in [0, 0.1) is 0 Å². The molecular weight excluding hydrogens is 172 g/mol. The van der Waals surface area contributed by atoms with E-state index < -0.39 is 5.97 Å². The smallest absolute Gasteiger partial charge is 0.390 e. The summed E-state index contributed by atoms with van der Waals surface area (Å²) in [5, 5.41) is 10.5. The minimum absolute atomic E-state index is 0.0169. The van der Waals surface area contributed by atoms with Gasteiger partial charge in [0.2, 0.25) is 0 Å². The van der Waals surface area contributed by atoms with Crippen molar-refractivity contribution in [3.05, 3.63) is 23.8 Å². The van der Waals surface area contributed by atoms with Crippen molar-refractivity contribution in [3.8, 4) is 11.5 Å². The van der Waals surface area contributed by atoms with Gasteiger partial charge in [-0.2, -0.15) is 0 Å². The summed E-state index contributed by atoms with van der Waals surface area (Å²) in [4.78, 5) is 10.5. The van der Waals surface area contributed by atoms with Crippen LogP contribution in [0.5, 0.6) is 11.5 Å². The van der Waals surface area contributed by atoms with E-state index in [-0.39, 0.29) is 11.3 Å². The summed E-state index contributed by atoms with van der Waals surface area (Å²) in [6, 6.07) is 4.41. The lowest BCUT2D eigenvalue weighted by molar-refractivity contribution is 0.0569. The lowest BCUT2D eigenvalue weighted by Gasteiger charge is -2.05. The van der Waals surface area contributed by atoms with Crippen LogP contribution >= 0.6 is 0 Å². The second-order valence-corrected chi connectivity index (χ2v) is 2.35. The molecule has 0 spiro atoms. The van der Waals surface area contributed by atoms with Gasteiger partial charge >= 0.3 is 5.97 Å². The van der Waals surface area contributed by atoms with Gasteiger partial charge < -0.3 is 9.47 Å². The molecule has 0 heterocycles. The van der Waals surface area contributed by atoms with E-state index in [0.717, 1.165) is 0 Å². The third-order valence-corrected chi connectivity index (χ3v) is 1.63. The van der Waals surface area contributed by atoms with Gasteiger partial charge in [-0.05, 0) is 12.1 Å². The molecular formula is C9H9O4. The van der Waals surface area contributed by atoms with Crippen molar-refractivity contribution in [2.24, 2.45) is 0 Å². The number of methoxy groups -OCH3 is 2. The summed E-state index contributed by atoms with van der Waals surface area (Å²) in [7, 11) is 2.88. The Hall–Kier alpha value is -1.71. The molecule has 0 aliphatic heterocycles. The summed E-state index contributed by atoms with van der Waals surface area (Å²) in [5.74, 6) is -0.485. The molecule has 69 valence electrons. The lowest BCUT2D eigenvalue weighted by Crippen LogP contribution is -1.99. The van der Waals surface area contributed by atoms with Crippen LogP contribution in [0.3, 0.4) is 0 Å². The van der Waals surface area contributed by atoms with Crippen LogP contribution in [-0.2, 0) is 5.11 Å². The van der Waals surface area contributed by atoms with Gasteiger partial charge in [0.15, 0.2) is 0 Å². The summed E-state index contributed by atoms with van der Waals surface area (Å²) in [6.07, 6.45) is 0. The van der Waals surface area contributed by atoms with Gasteiger partial charge in [0.05, 0.1) is 14.2 Å². The maximum absolute atomic E-state index is 10.5. The second-order valence-electron chi connectivity index (χ2n) is 2.35. The number of carbonyl (C=O) groups excluding carboxylic acids is 1. The molecule has 0 N–H and O–H groups in total. The molecule has 0 saturated heterocycles. The molecule has 0 saturated carbocycles. The van der Waals surface area contributed by atoms with Crippen molar-refractivity contribution < 1.29 is 19.4 Å². The highest BCUT2D eigenvalue weighted by Crippen LogP contribution is 2.24. The fraction of sp³-hybridized carbons (Fsp3) is 0.222. The predicted octanol–water partition coefficient (Wildman–Crippen LogP) is 1.27. The average molecular weight is 181 g/mol. The molecule has 0 amide bonds. The molecule has 1 rings (SSSR count). The largest absolute Gasteiger partial charge is 0.497 e. The molecule has 13 heavy (non-hydrogen) atoms. The molecule has 4 nitrogen and oxygen atoms in total. The predicted molar refractivity (Wildman–Crippen MR) is 44.6 cm³/mol. The quantitative estimate of drug-likeness (QED) is 0.705.